The molecule has 1 aliphatic heterocycles. The van der Waals surface area contributed by atoms with Gasteiger partial charge in [-0.15, -0.1) is 0 Å². The molecule has 0 radical (unpaired) electrons. The van der Waals surface area contributed by atoms with Crippen molar-refractivity contribution in [1.29, 1.82) is 0 Å². The Morgan fingerprint density at radius 3 is 2.62 bits per heavy atom. The molecule has 0 aliphatic carbocycles. The maximum absolute atomic E-state index is 11.3. The normalized spacial score (nSPS) is 19.0. The highest BCUT2D eigenvalue weighted by molar-refractivity contribution is 5.69. The van der Waals surface area contributed by atoms with Gasteiger partial charge in [0.05, 0.1) is 6.10 Å². The van der Waals surface area contributed by atoms with E-state index >= 15 is 0 Å². The minimum absolute atomic E-state index is 0.00680. The van der Waals surface area contributed by atoms with E-state index in [1.807, 2.05) is 13.8 Å². The van der Waals surface area contributed by atoms with Gasteiger partial charge in [-0.3, -0.25) is 4.79 Å². The Kier molecular flexibility index (Phi) is 4.22. The van der Waals surface area contributed by atoms with Crippen LogP contribution in [0.5, 0.6) is 0 Å². The number of carbonyl (C=O) groups excluding carboxylic acids is 1. The van der Waals surface area contributed by atoms with Crippen molar-refractivity contribution in [1.82, 2.24) is 0 Å². The van der Waals surface area contributed by atoms with Crippen molar-refractivity contribution in [2.75, 3.05) is 13.2 Å². The van der Waals surface area contributed by atoms with Crippen LogP contribution in [0, 0.1) is 5.92 Å². The molecule has 13 heavy (non-hydrogen) atoms. The van der Waals surface area contributed by atoms with E-state index in [2.05, 4.69) is 0 Å². The fourth-order valence-corrected chi connectivity index (χ4v) is 1.50. The topological polar surface area (TPSA) is 35.5 Å². The van der Waals surface area contributed by atoms with E-state index in [0.29, 0.717) is 12.3 Å². The average molecular weight is 186 g/mol. The number of hydrogen-bond donors (Lipinski definition) is 0. The van der Waals surface area contributed by atoms with E-state index in [0.717, 1.165) is 26.1 Å². The first-order valence-electron chi connectivity index (χ1n) is 4.95. The van der Waals surface area contributed by atoms with Crippen molar-refractivity contribution in [3.63, 3.8) is 0 Å². The quantitative estimate of drug-likeness (QED) is 0.630. The van der Waals surface area contributed by atoms with Crippen molar-refractivity contribution in [2.24, 2.45) is 5.92 Å². The van der Waals surface area contributed by atoms with Gasteiger partial charge in [0, 0.05) is 19.6 Å². The highest BCUT2D eigenvalue weighted by Crippen LogP contribution is 2.18. The summed E-state index contributed by atoms with van der Waals surface area (Å²) in [6.07, 6.45) is 2.55. The van der Waals surface area contributed by atoms with Gasteiger partial charge in [0.1, 0.15) is 0 Å². The van der Waals surface area contributed by atoms with E-state index in [-0.39, 0.29) is 12.1 Å². The number of esters is 1. The molecule has 0 aromatic rings. The molecule has 0 bridgehead atoms. The fraction of sp³-hybridized carbons (Fsp3) is 0.900. The molecule has 3 nitrogen and oxygen atoms in total. The monoisotopic (exact) mass is 186 g/mol. The molecule has 0 unspecified atom stereocenters. The van der Waals surface area contributed by atoms with Crippen molar-refractivity contribution in [2.45, 2.75) is 39.2 Å². The van der Waals surface area contributed by atoms with Crippen molar-refractivity contribution < 1.29 is 14.3 Å². The molecule has 76 valence electrons. The predicted octanol–water partition coefficient (Wildman–Crippen LogP) is 1.75. The Morgan fingerprint density at radius 2 is 2.08 bits per heavy atom. The molecule has 0 amide bonds. The first-order valence-corrected chi connectivity index (χ1v) is 4.95. The summed E-state index contributed by atoms with van der Waals surface area (Å²) < 4.78 is 10.3. The third kappa shape index (κ3) is 4.27. The van der Waals surface area contributed by atoms with Crippen LogP contribution >= 0.6 is 0 Å². The SMILES string of the molecule is CC(C)OC(=O)CC1CCOCC1. The van der Waals surface area contributed by atoms with Crippen LogP contribution in [0.4, 0.5) is 0 Å². The van der Waals surface area contributed by atoms with E-state index in [1.165, 1.54) is 0 Å². The lowest BCUT2D eigenvalue weighted by Crippen LogP contribution is -2.21. The second-order valence-corrected chi connectivity index (χ2v) is 3.80. The van der Waals surface area contributed by atoms with Crippen molar-refractivity contribution >= 4 is 5.97 Å². The molecule has 1 fully saturated rings. The van der Waals surface area contributed by atoms with Gasteiger partial charge >= 0.3 is 5.97 Å². The van der Waals surface area contributed by atoms with Crippen LogP contribution in [0.1, 0.15) is 33.1 Å². The summed E-state index contributed by atoms with van der Waals surface area (Å²) in [6.45, 7) is 5.34. The molecule has 1 rings (SSSR count). The third-order valence-corrected chi connectivity index (χ3v) is 2.16. The van der Waals surface area contributed by atoms with Gasteiger partial charge in [-0.25, -0.2) is 0 Å². The zero-order valence-electron chi connectivity index (χ0n) is 8.41. The maximum atomic E-state index is 11.3. The van der Waals surface area contributed by atoms with Crippen LogP contribution in [-0.4, -0.2) is 25.3 Å². The van der Waals surface area contributed by atoms with Crippen LogP contribution in [0.25, 0.3) is 0 Å². The minimum Gasteiger partial charge on any atom is -0.463 e. The van der Waals surface area contributed by atoms with Gasteiger partial charge < -0.3 is 9.47 Å². The van der Waals surface area contributed by atoms with Gasteiger partial charge in [-0.1, -0.05) is 0 Å². The molecule has 0 atom stereocenters. The molecule has 0 saturated carbocycles. The highest BCUT2D eigenvalue weighted by atomic mass is 16.5. The smallest absolute Gasteiger partial charge is 0.306 e. The number of rotatable bonds is 3. The molecule has 0 aromatic heterocycles. The highest BCUT2D eigenvalue weighted by Gasteiger charge is 2.18. The Hall–Kier alpha value is -0.570. The van der Waals surface area contributed by atoms with Crippen LogP contribution in [0.2, 0.25) is 0 Å². The number of hydrogen-bond acceptors (Lipinski definition) is 3. The molecule has 3 heteroatoms. The maximum Gasteiger partial charge on any atom is 0.306 e. The van der Waals surface area contributed by atoms with E-state index < -0.39 is 0 Å². The van der Waals surface area contributed by atoms with Gasteiger partial charge in [-0.05, 0) is 32.6 Å². The van der Waals surface area contributed by atoms with Crippen LogP contribution < -0.4 is 0 Å². The van der Waals surface area contributed by atoms with Crippen LogP contribution in [0.3, 0.4) is 0 Å². The summed E-state index contributed by atoms with van der Waals surface area (Å²) in [7, 11) is 0. The van der Waals surface area contributed by atoms with Crippen molar-refractivity contribution in [3.05, 3.63) is 0 Å². The molecule has 0 aromatic carbocycles. The number of carbonyl (C=O) groups is 1. The zero-order chi connectivity index (χ0) is 9.68. The largest absolute Gasteiger partial charge is 0.463 e. The molecule has 1 saturated heterocycles. The van der Waals surface area contributed by atoms with Gasteiger partial charge in [0.15, 0.2) is 0 Å². The molecule has 0 spiro atoms. The molecule has 0 N–H and O–H groups in total. The molecular weight excluding hydrogens is 168 g/mol. The zero-order valence-corrected chi connectivity index (χ0v) is 8.41. The Morgan fingerprint density at radius 1 is 1.46 bits per heavy atom. The Balaban J connectivity index is 2.18. The Labute approximate surface area is 79.4 Å². The van der Waals surface area contributed by atoms with E-state index in [1.54, 1.807) is 0 Å². The van der Waals surface area contributed by atoms with Gasteiger partial charge in [-0.2, -0.15) is 0 Å². The lowest BCUT2D eigenvalue weighted by molar-refractivity contribution is -0.149. The third-order valence-electron chi connectivity index (χ3n) is 2.16. The molecule has 1 aliphatic rings. The van der Waals surface area contributed by atoms with Crippen LogP contribution in [-0.2, 0) is 14.3 Å². The average Bonchev–Trinajstić information content (AvgIpc) is 2.04. The predicted molar refractivity (Wildman–Crippen MR) is 49.4 cm³/mol. The summed E-state index contributed by atoms with van der Waals surface area (Å²) in [4.78, 5) is 11.3. The standard InChI is InChI=1S/C10H18O3/c1-8(2)13-10(11)7-9-3-5-12-6-4-9/h8-9H,3-7H2,1-2H3. The molecule has 1 heterocycles. The number of ether oxygens (including phenoxy) is 2. The van der Waals surface area contributed by atoms with E-state index in [4.69, 9.17) is 9.47 Å². The lowest BCUT2D eigenvalue weighted by Gasteiger charge is -2.21. The van der Waals surface area contributed by atoms with Gasteiger partial charge in [0.2, 0.25) is 0 Å². The van der Waals surface area contributed by atoms with Crippen molar-refractivity contribution in [3.8, 4) is 0 Å². The van der Waals surface area contributed by atoms with Gasteiger partial charge in [0.25, 0.3) is 0 Å². The Bertz CT molecular complexity index is 160. The second kappa shape index (κ2) is 5.22. The van der Waals surface area contributed by atoms with E-state index in [9.17, 15) is 4.79 Å². The summed E-state index contributed by atoms with van der Waals surface area (Å²) in [5, 5.41) is 0. The minimum atomic E-state index is -0.0677. The fourth-order valence-electron chi connectivity index (χ4n) is 1.50. The first-order chi connectivity index (χ1) is 6.18. The first kappa shape index (κ1) is 10.5. The summed E-state index contributed by atoms with van der Waals surface area (Å²) in [6, 6.07) is 0. The summed E-state index contributed by atoms with van der Waals surface area (Å²) >= 11 is 0. The summed E-state index contributed by atoms with van der Waals surface area (Å²) in [5.41, 5.74) is 0. The van der Waals surface area contributed by atoms with Crippen LogP contribution in [0.15, 0.2) is 0 Å². The summed E-state index contributed by atoms with van der Waals surface area (Å²) in [5.74, 6) is 0.405. The molecular formula is C10H18O3. The lowest BCUT2D eigenvalue weighted by atomic mass is 9.97. The second-order valence-electron chi connectivity index (χ2n) is 3.80.